The summed E-state index contributed by atoms with van der Waals surface area (Å²) < 4.78 is 5.82. The van der Waals surface area contributed by atoms with E-state index in [1.165, 1.54) is 12.3 Å². The van der Waals surface area contributed by atoms with Crippen LogP contribution in [-0.2, 0) is 9.53 Å². The van der Waals surface area contributed by atoms with Crippen LogP contribution >= 0.6 is 0 Å². The summed E-state index contributed by atoms with van der Waals surface area (Å²) in [5, 5.41) is 12.4. The Labute approximate surface area is 129 Å². The Hall–Kier alpha value is -2.40. The number of ether oxygens (including phenoxy) is 1. The van der Waals surface area contributed by atoms with Crippen molar-refractivity contribution in [2.45, 2.75) is 18.9 Å². The van der Waals surface area contributed by atoms with Gasteiger partial charge in [0.15, 0.2) is 11.6 Å². The molecule has 114 valence electrons. The molecular formula is C17H18N2O3. The Morgan fingerprint density at radius 2 is 2.05 bits per heavy atom. The van der Waals surface area contributed by atoms with Crippen molar-refractivity contribution in [3.8, 4) is 5.75 Å². The summed E-state index contributed by atoms with van der Waals surface area (Å²) in [6, 6.07) is 12.9. The Morgan fingerprint density at radius 3 is 2.82 bits per heavy atom. The molecule has 2 aromatic rings. The van der Waals surface area contributed by atoms with Crippen LogP contribution in [0, 0.1) is 5.92 Å². The highest BCUT2D eigenvalue weighted by Crippen LogP contribution is 2.34. The SMILES string of the molecule is O=C(Nc1ncccc1O)[C@H]1CCCO[C@@H]1c1ccccc1. The van der Waals surface area contributed by atoms with E-state index in [9.17, 15) is 9.90 Å². The summed E-state index contributed by atoms with van der Waals surface area (Å²) in [5.74, 6) is -0.325. The number of pyridine rings is 1. The molecule has 1 aliphatic heterocycles. The van der Waals surface area contributed by atoms with Crippen LogP contribution in [0.2, 0.25) is 0 Å². The largest absolute Gasteiger partial charge is 0.504 e. The van der Waals surface area contributed by atoms with E-state index in [0.717, 1.165) is 18.4 Å². The fraction of sp³-hybridized carbons (Fsp3) is 0.294. The third kappa shape index (κ3) is 3.09. The number of hydrogen-bond donors (Lipinski definition) is 2. The van der Waals surface area contributed by atoms with Gasteiger partial charge in [-0.3, -0.25) is 4.79 Å². The topological polar surface area (TPSA) is 71.5 Å². The molecule has 1 aromatic carbocycles. The maximum Gasteiger partial charge on any atom is 0.231 e. The first-order chi connectivity index (χ1) is 10.8. The van der Waals surface area contributed by atoms with Crippen molar-refractivity contribution in [1.29, 1.82) is 0 Å². The Balaban J connectivity index is 1.79. The van der Waals surface area contributed by atoms with Crippen LogP contribution in [0.5, 0.6) is 5.75 Å². The van der Waals surface area contributed by atoms with E-state index in [2.05, 4.69) is 10.3 Å². The quantitative estimate of drug-likeness (QED) is 0.914. The molecule has 5 nitrogen and oxygen atoms in total. The third-order valence-corrected chi connectivity index (χ3v) is 3.82. The van der Waals surface area contributed by atoms with E-state index >= 15 is 0 Å². The molecule has 22 heavy (non-hydrogen) atoms. The fourth-order valence-electron chi connectivity index (χ4n) is 2.72. The first-order valence-electron chi connectivity index (χ1n) is 7.37. The van der Waals surface area contributed by atoms with Crippen molar-refractivity contribution >= 4 is 11.7 Å². The molecule has 0 radical (unpaired) electrons. The Kier molecular flexibility index (Phi) is 4.34. The van der Waals surface area contributed by atoms with Crippen molar-refractivity contribution in [3.05, 3.63) is 54.2 Å². The number of rotatable bonds is 3. The second-order valence-electron chi connectivity index (χ2n) is 5.31. The number of aromatic nitrogens is 1. The number of anilines is 1. The Bertz CT molecular complexity index is 645. The lowest BCUT2D eigenvalue weighted by molar-refractivity contribution is -0.129. The highest BCUT2D eigenvalue weighted by Gasteiger charge is 2.33. The van der Waals surface area contributed by atoms with Gasteiger partial charge in [0.2, 0.25) is 5.91 Å². The van der Waals surface area contributed by atoms with Crippen LogP contribution in [0.4, 0.5) is 5.82 Å². The van der Waals surface area contributed by atoms with Crippen LogP contribution in [0.3, 0.4) is 0 Å². The number of benzene rings is 1. The summed E-state index contributed by atoms with van der Waals surface area (Å²) in [5.41, 5.74) is 0.993. The normalized spacial score (nSPS) is 21.3. The summed E-state index contributed by atoms with van der Waals surface area (Å²) in [6.45, 7) is 0.651. The lowest BCUT2D eigenvalue weighted by Gasteiger charge is -2.31. The standard InChI is InChI=1S/C17H18N2O3/c20-14-9-4-10-18-16(14)19-17(21)13-8-5-11-22-15(13)12-6-2-1-3-7-12/h1-4,6-7,9-10,13,15,20H,5,8,11H2,(H,18,19,21)/t13-,15+/m0/s1. The number of carbonyl (C=O) groups excluding carboxylic acids is 1. The lowest BCUT2D eigenvalue weighted by atomic mass is 9.89. The molecule has 0 bridgehead atoms. The molecule has 3 rings (SSSR count). The molecule has 1 amide bonds. The van der Waals surface area contributed by atoms with Crippen molar-refractivity contribution in [2.75, 3.05) is 11.9 Å². The first kappa shape index (κ1) is 14.5. The second-order valence-corrected chi connectivity index (χ2v) is 5.31. The van der Waals surface area contributed by atoms with Gasteiger partial charge in [-0.2, -0.15) is 0 Å². The summed E-state index contributed by atoms with van der Waals surface area (Å²) in [4.78, 5) is 16.5. The zero-order chi connectivity index (χ0) is 15.4. The van der Waals surface area contributed by atoms with E-state index in [0.29, 0.717) is 6.61 Å². The van der Waals surface area contributed by atoms with Gasteiger partial charge >= 0.3 is 0 Å². The number of amides is 1. The van der Waals surface area contributed by atoms with Gasteiger partial charge in [0.1, 0.15) is 0 Å². The highest BCUT2D eigenvalue weighted by atomic mass is 16.5. The molecule has 1 saturated heterocycles. The molecule has 2 atom stereocenters. The molecule has 0 spiro atoms. The van der Waals surface area contributed by atoms with E-state index in [1.54, 1.807) is 6.07 Å². The van der Waals surface area contributed by atoms with Crippen LogP contribution < -0.4 is 5.32 Å². The predicted molar refractivity (Wildman–Crippen MR) is 82.4 cm³/mol. The van der Waals surface area contributed by atoms with Gasteiger partial charge in [-0.05, 0) is 30.5 Å². The van der Waals surface area contributed by atoms with E-state index in [-0.39, 0.29) is 29.5 Å². The monoisotopic (exact) mass is 298 g/mol. The Morgan fingerprint density at radius 1 is 1.23 bits per heavy atom. The van der Waals surface area contributed by atoms with Gasteiger partial charge in [-0.15, -0.1) is 0 Å². The maximum atomic E-state index is 12.6. The predicted octanol–water partition coefficient (Wildman–Crippen LogP) is 2.89. The number of hydrogen-bond acceptors (Lipinski definition) is 4. The fourth-order valence-corrected chi connectivity index (χ4v) is 2.72. The first-order valence-corrected chi connectivity index (χ1v) is 7.37. The zero-order valence-electron chi connectivity index (χ0n) is 12.1. The van der Waals surface area contributed by atoms with E-state index in [1.807, 2.05) is 30.3 Å². The number of nitrogens with zero attached hydrogens (tertiary/aromatic N) is 1. The number of nitrogens with one attached hydrogen (secondary N) is 1. The lowest BCUT2D eigenvalue weighted by Crippen LogP contribution is -2.33. The van der Waals surface area contributed by atoms with Crippen molar-refractivity contribution in [3.63, 3.8) is 0 Å². The van der Waals surface area contributed by atoms with E-state index in [4.69, 9.17) is 4.74 Å². The zero-order valence-corrected chi connectivity index (χ0v) is 12.1. The van der Waals surface area contributed by atoms with Gasteiger partial charge in [0.25, 0.3) is 0 Å². The summed E-state index contributed by atoms with van der Waals surface area (Å²) in [6.07, 6.45) is 2.86. The van der Waals surface area contributed by atoms with Gasteiger partial charge in [0.05, 0.1) is 12.0 Å². The summed E-state index contributed by atoms with van der Waals surface area (Å²) in [7, 11) is 0. The molecule has 0 unspecified atom stereocenters. The van der Waals surface area contributed by atoms with Gasteiger partial charge in [0, 0.05) is 12.8 Å². The average Bonchev–Trinajstić information content (AvgIpc) is 2.58. The van der Waals surface area contributed by atoms with Crippen LogP contribution in [0.25, 0.3) is 0 Å². The minimum Gasteiger partial charge on any atom is -0.504 e. The molecular weight excluding hydrogens is 280 g/mol. The van der Waals surface area contributed by atoms with Gasteiger partial charge in [-0.1, -0.05) is 30.3 Å². The van der Waals surface area contributed by atoms with Crippen molar-refractivity contribution < 1.29 is 14.6 Å². The summed E-state index contributed by atoms with van der Waals surface area (Å²) >= 11 is 0. The molecule has 0 aliphatic carbocycles. The minimum atomic E-state index is -0.294. The number of carbonyl (C=O) groups is 1. The molecule has 2 N–H and O–H groups in total. The highest BCUT2D eigenvalue weighted by molar-refractivity contribution is 5.93. The third-order valence-electron chi connectivity index (χ3n) is 3.82. The molecule has 1 aliphatic rings. The number of aromatic hydroxyl groups is 1. The van der Waals surface area contributed by atoms with E-state index < -0.39 is 0 Å². The van der Waals surface area contributed by atoms with Crippen LogP contribution in [0.15, 0.2) is 48.7 Å². The second kappa shape index (κ2) is 6.58. The molecule has 5 heteroatoms. The smallest absolute Gasteiger partial charge is 0.231 e. The molecule has 2 heterocycles. The van der Waals surface area contributed by atoms with Crippen LogP contribution in [0.1, 0.15) is 24.5 Å². The van der Waals surface area contributed by atoms with Crippen molar-refractivity contribution in [1.82, 2.24) is 4.98 Å². The van der Waals surface area contributed by atoms with Gasteiger partial charge in [-0.25, -0.2) is 4.98 Å². The molecule has 1 fully saturated rings. The minimum absolute atomic E-state index is 0.0381. The molecule has 0 saturated carbocycles. The van der Waals surface area contributed by atoms with Crippen LogP contribution in [-0.4, -0.2) is 22.6 Å². The maximum absolute atomic E-state index is 12.6. The average molecular weight is 298 g/mol. The molecule has 1 aromatic heterocycles. The van der Waals surface area contributed by atoms with Crippen molar-refractivity contribution in [2.24, 2.45) is 5.92 Å². The van der Waals surface area contributed by atoms with Gasteiger partial charge < -0.3 is 15.2 Å².